The molecule has 0 spiro atoms. The third-order valence-electron chi connectivity index (χ3n) is 3.67. The molecular weight excluding hydrogens is 310 g/mol. The highest BCUT2D eigenvalue weighted by Crippen LogP contribution is 2.16. The molecule has 8 nitrogen and oxygen atoms in total. The van der Waals surface area contributed by atoms with E-state index in [-0.39, 0.29) is 23.6 Å². The SMILES string of the molecule is O=C(N1CCOCC1)N1CCN(c2ccc(Cl)nn2)C(=O)C1. The fraction of sp³-hybridized carbons (Fsp3) is 0.538. The first kappa shape index (κ1) is 15.0. The number of piperazine rings is 1. The highest BCUT2D eigenvalue weighted by atomic mass is 35.5. The number of morpholine rings is 1. The van der Waals surface area contributed by atoms with Crippen molar-refractivity contribution in [2.24, 2.45) is 0 Å². The van der Waals surface area contributed by atoms with Gasteiger partial charge in [-0.3, -0.25) is 9.69 Å². The van der Waals surface area contributed by atoms with Gasteiger partial charge in [0.25, 0.3) is 0 Å². The lowest BCUT2D eigenvalue weighted by molar-refractivity contribution is -0.120. The molecule has 0 saturated carbocycles. The van der Waals surface area contributed by atoms with E-state index >= 15 is 0 Å². The summed E-state index contributed by atoms with van der Waals surface area (Å²) in [6.45, 7) is 3.11. The third-order valence-corrected chi connectivity index (χ3v) is 3.87. The van der Waals surface area contributed by atoms with Gasteiger partial charge in [0.2, 0.25) is 5.91 Å². The summed E-state index contributed by atoms with van der Waals surface area (Å²) in [4.78, 5) is 29.4. The van der Waals surface area contributed by atoms with Gasteiger partial charge in [-0.25, -0.2) is 4.79 Å². The van der Waals surface area contributed by atoms with Crippen LogP contribution < -0.4 is 4.90 Å². The molecule has 0 unspecified atom stereocenters. The number of hydrogen-bond donors (Lipinski definition) is 0. The summed E-state index contributed by atoms with van der Waals surface area (Å²) in [5.41, 5.74) is 0. The molecule has 0 N–H and O–H groups in total. The number of anilines is 1. The van der Waals surface area contributed by atoms with Crippen molar-refractivity contribution in [2.45, 2.75) is 0 Å². The standard InChI is InChI=1S/C13H16ClN5O3/c14-10-1-2-11(16-15-10)19-4-3-18(9-12(19)20)13(21)17-5-7-22-8-6-17/h1-2H,3-9H2. The predicted molar refractivity (Wildman–Crippen MR) is 78.8 cm³/mol. The van der Waals surface area contributed by atoms with Gasteiger partial charge >= 0.3 is 6.03 Å². The van der Waals surface area contributed by atoms with Gasteiger partial charge in [-0.1, -0.05) is 11.6 Å². The Morgan fingerprint density at radius 2 is 1.86 bits per heavy atom. The maximum atomic E-state index is 12.4. The lowest BCUT2D eigenvalue weighted by atomic mass is 10.3. The van der Waals surface area contributed by atoms with Gasteiger partial charge < -0.3 is 14.5 Å². The van der Waals surface area contributed by atoms with Crippen LogP contribution in [0.15, 0.2) is 12.1 Å². The summed E-state index contributed by atoms with van der Waals surface area (Å²) in [7, 11) is 0. The number of nitrogens with zero attached hydrogens (tertiary/aromatic N) is 5. The van der Waals surface area contributed by atoms with Gasteiger partial charge in [-0.05, 0) is 12.1 Å². The van der Waals surface area contributed by atoms with Crippen LogP contribution in [0.5, 0.6) is 0 Å². The number of carbonyl (C=O) groups is 2. The highest BCUT2D eigenvalue weighted by molar-refractivity contribution is 6.29. The molecule has 2 saturated heterocycles. The van der Waals surface area contributed by atoms with Gasteiger partial charge in [0.05, 0.1) is 13.2 Å². The summed E-state index contributed by atoms with van der Waals surface area (Å²) in [5, 5.41) is 7.92. The van der Waals surface area contributed by atoms with Crippen molar-refractivity contribution in [3.05, 3.63) is 17.3 Å². The largest absolute Gasteiger partial charge is 0.378 e. The summed E-state index contributed by atoms with van der Waals surface area (Å²) in [6, 6.07) is 3.12. The van der Waals surface area contributed by atoms with Crippen molar-refractivity contribution in [3.8, 4) is 0 Å². The van der Waals surface area contributed by atoms with Crippen LogP contribution in [0.1, 0.15) is 0 Å². The second kappa shape index (κ2) is 6.45. The summed E-state index contributed by atoms with van der Waals surface area (Å²) >= 11 is 5.69. The Morgan fingerprint density at radius 1 is 1.09 bits per heavy atom. The number of carbonyl (C=O) groups excluding carboxylic acids is 2. The first-order valence-electron chi connectivity index (χ1n) is 7.06. The van der Waals surface area contributed by atoms with Gasteiger partial charge in [0.15, 0.2) is 11.0 Å². The topological polar surface area (TPSA) is 78.9 Å². The molecule has 1 aromatic rings. The number of hydrogen-bond acceptors (Lipinski definition) is 5. The molecule has 3 heterocycles. The quantitative estimate of drug-likeness (QED) is 0.738. The molecule has 0 atom stereocenters. The Morgan fingerprint density at radius 3 is 2.50 bits per heavy atom. The fourth-order valence-electron chi connectivity index (χ4n) is 2.49. The average Bonchev–Trinajstić information content (AvgIpc) is 2.56. The number of amides is 3. The van der Waals surface area contributed by atoms with Crippen LogP contribution in [-0.2, 0) is 9.53 Å². The Kier molecular flexibility index (Phi) is 4.39. The van der Waals surface area contributed by atoms with Crippen molar-refractivity contribution < 1.29 is 14.3 Å². The monoisotopic (exact) mass is 325 g/mol. The zero-order valence-electron chi connectivity index (χ0n) is 11.9. The van der Waals surface area contributed by atoms with E-state index in [0.29, 0.717) is 45.2 Å². The minimum Gasteiger partial charge on any atom is -0.378 e. The zero-order valence-corrected chi connectivity index (χ0v) is 12.7. The molecule has 9 heteroatoms. The highest BCUT2D eigenvalue weighted by Gasteiger charge is 2.31. The molecular formula is C13H16ClN5O3. The normalized spacial score (nSPS) is 19.5. The smallest absolute Gasteiger partial charge is 0.320 e. The lowest BCUT2D eigenvalue weighted by Gasteiger charge is -2.37. The minimum absolute atomic E-state index is 0.0422. The second-order valence-corrected chi connectivity index (χ2v) is 5.45. The summed E-state index contributed by atoms with van der Waals surface area (Å²) in [6.07, 6.45) is 0. The molecule has 2 fully saturated rings. The van der Waals surface area contributed by atoms with Crippen molar-refractivity contribution in [3.63, 3.8) is 0 Å². The van der Waals surface area contributed by atoms with Crippen molar-refractivity contribution >= 4 is 29.4 Å². The predicted octanol–water partition coefficient (Wildman–Crippen LogP) is 0.231. The Hall–Kier alpha value is -1.93. The number of ether oxygens (including phenoxy) is 1. The molecule has 1 aromatic heterocycles. The van der Waals surface area contributed by atoms with Crippen LogP contribution >= 0.6 is 11.6 Å². The molecule has 0 bridgehead atoms. The molecule has 0 aromatic carbocycles. The molecule has 0 aliphatic carbocycles. The fourth-order valence-corrected chi connectivity index (χ4v) is 2.59. The molecule has 22 heavy (non-hydrogen) atoms. The van der Waals surface area contributed by atoms with E-state index in [1.54, 1.807) is 21.9 Å². The van der Waals surface area contributed by atoms with Gasteiger partial charge in [-0.2, -0.15) is 0 Å². The maximum absolute atomic E-state index is 12.4. The van der Waals surface area contributed by atoms with Crippen molar-refractivity contribution in [1.29, 1.82) is 0 Å². The minimum atomic E-state index is -0.176. The Balaban J connectivity index is 1.63. The van der Waals surface area contributed by atoms with E-state index in [0.717, 1.165) is 0 Å². The van der Waals surface area contributed by atoms with E-state index in [1.807, 2.05) is 0 Å². The molecule has 0 radical (unpaired) electrons. The number of halogens is 1. The first-order chi connectivity index (χ1) is 10.6. The summed E-state index contributed by atoms with van der Waals surface area (Å²) < 4.78 is 5.23. The average molecular weight is 326 g/mol. The van der Waals surface area contributed by atoms with Crippen LogP contribution in [0.3, 0.4) is 0 Å². The number of aromatic nitrogens is 2. The second-order valence-electron chi connectivity index (χ2n) is 5.06. The molecule has 3 amide bonds. The van der Waals surface area contributed by atoms with Crippen LogP contribution in [0.4, 0.5) is 10.6 Å². The van der Waals surface area contributed by atoms with Crippen molar-refractivity contribution in [2.75, 3.05) is 50.8 Å². The van der Waals surface area contributed by atoms with Gasteiger partial charge in [0.1, 0.15) is 6.54 Å². The van der Waals surface area contributed by atoms with Gasteiger partial charge in [0, 0.05) is 26.2 Å². The first-order valence-corrected chi connectivity index (χ1v) is 7.44. The Labute approximate surface area is 132 Å². The molecule has 2 aliphatic heterocycles. The van der Waals surface area contributed by atoms with E-state index in [2.05, 4.69) is 10.2 Å². The number of rotatable bonds is 1. The van der Waals surface area contributed by atoms with E-state index in [9.17, 15) is 9.59 Å². The Bertz CT molecular complexity index is 561. The van der Waals surface area contributed by atoms with E-state index < -0.39 is 0 Å². The maximum Gasteiger partial charge on any atom is 0.320 e. The van der Waals surface area contributed by atoms with E-state index in [1.165, 1.54) is 4.90 Å². The lowest BCUT2D eigenvalue weighted by Crippen LogP contribution is -2.57. The van der Waals surface area contributed by atoms with Crippen molar-refractivity contribution in [1.82, 2.24) is 20.0 Å². The third kappa shape index (κ3) is 3.12. The molecule has 2 aliphatic rings. The van der Waals surface area contributed by atoms with E-state index in [4.69, 9.17) is 16.3 Å². The molecule has 118 valence electrons. The summed E-state index contributed by atoms with van der Waals surface area (Å²) in [5.74, 6) is 0.275. The van der Waals surface area contributed by atoms with Crippen LogP contribution in [0.25, 0.3) is 0 Å². The van der Waals surface area contributed by atoms with Gasteiger partial charge in [-0.15, -0.1) is 10.2 Å². The van der Waals surface area contributed by atoms with Crippen LogP contribution in [0, 0.1) is 0 Å². The molecule has 3 rings (SSSR count). The number of urea groups is 1. The zero-order chi connectivity index (χ0) is 15.5. The van der Waals surface area contributed by atoms with Crippen LogP contribution in [-0.4, -0.2) is 77.9 Å². The van der Waals surface area contributed by atoms with Crippen LogP contribution in [0.2, 0.25) is 5.15 Å².